The molecule has 0 fully saturated rings. The zero-order chi connectivity index (χ0) is 17.6. The van der Waals surface area contributed by atoms with Crippen molar-refractivity contribution in [3.63, 3.8) is 0 Å². The summed E-state index contributed by atoms with van der Waals surface area (Å²) < 4.78 is 5.55. The lowest BCUT2D eigenvalue weighted by atomic mass is 10.1. The number of likely N-dealkylation sites (N-methyl/N-ethyl adjacent to an activating group) is 1. The van der Waals surface area contributed by atoms with Crippen LogP contribution in [0.15, 0.2) is 48.9 Å². The van der Waals surface area contributed by atoms with Gasteiger partial charge in [0, 0.05) is 43.0 Å². The fraction of sp³-hybridized carbons (Fsp3) is 0.350. The van der Waals surface area contributed by atoms with Gasteiger partial charge < -0.3 is 4.74 Å². The molecule has 5 heteroatoms. The minimum absolute atomic E-state index is 0.356. The van der Waals surface area contributed by atoms with Crippen LogP contribution in [0.25, 0.3) is 10.9 Å². The molecule has 1 atom stereocenters. The van der Waals surface area contributed by atoms with E-state index in [0.29, 0.717) is 12.6 Å². The molecule has 0 N–H and O–H groups in total. The molecule has 130 valence electrons. The van der Waals surface area contributed by atoms with Crippen LogP contribution in [0.4, 0.5) is 0 Å². The van der Waals surface area contributed by atoms with Gasteiger partial charge in [-0.05, 0) is 45.2 Å². The first-order chi connectivity index (χ1) is 12.2. The second kappa shape index (κ2) is 8.03. The van der Waals surface area contributed by atoms with E-state index in [1.807, 2.05) is 31.3 Å². The highest BCUT2D eigenvalue weighted by Gasteiger charge is 2.12. The van der Waals surface area contributed by atoms with Gasteiger partial charge in [0.1, 0.15) is 5.75 Å². The summed E-state index contributed by atoms with van der Waals surface area (Å²) in [4.78, 5) is 15.6. The van der Waals surface area contributed by atoms with E-state index in [0.717, 1.165) is 41.0 Å². The van der Waals surface area contributed by atoms with Gasteiger partial charge in [0.05, 0.1) is 23.5 Å². The summed E-state index contributed by atoms with van der Waals surface area (Å²) in [6.45, 7) is 5.66. The molecule has 0 spiro atoms. The molecule has 0 aliphatic rings. The second-order valence-electron chi connectivity index (χ2n) is 6.26. The summed E-state index contributed by atoms with van der Waals surface area (Å²) in [6, 6.07) is 10.6. The zero-order valence-corrected chi connectivity index (χ0v) is 15.0. The van der Waals surface area contributed by atoms with Crippen LogP contribution in [0.1, 0.15) is 25.2 Å². The topological polar surface area (TPSA) is 51.1 Å². The van der Waals surface area contributed by atoms with Gasteiger partial charge in [0.15, 0.2) is 0 Å². The Balaban J connectivity index is 1.68. The number of hydrogen-bond donors (Lipinski definition) is 0. The zero-order valence-electron chi connectivity index (χ0n) is 15.0. The number of pyridine rings is 1. The van der Waals surface area contributed by atoms with Crippen molar-refractivity contribution in [2.24, 2.45) is 0 Å². The third kappa shape index (κ3) is 4.51. The van der Waals surface area contributed by atoms with Gasteiger partial charge in [-0.1, -0.05) is 6.07 Å². The van der Waals surface area contributed by atoms with Gasteiger partial charge in [0.2, 0.25) is 0 Å². The number of aromatic nitrogens is 3. The Labute approximate surface area is 148 Å². The molecule has 25 heavy (non-hydrogen) atoms. The fourth-order valence-electron chi connectivity index (χ4n) is 2.80. The normalized spacial score (nSPS) is 12.5. The molecule has 0 radical (unpaired) electrons. The summed E-state index contributed by atoms with van der Waals surface area (Å²) in [7, 11) is 2.12. The number of ether oxygens (including phenoxy) is 1. The number of fused-ring (bicyclic) bond motifs is 1. The summed E-state index contributed by atoms with van der Waals surface area (Å²) in [5.74, 6) is 0.888. The Kier molecular flexibility index (Phi) is 5.56. The minimum Gasteiger partial charge on any atom is -0.494 e. The Hall–Kier alpha value is -2.53. The third-order valence-corrected chi connectivity index (χ3v) is 4.31. The maximum Gasteiger partial charge on any atom is 0.120 e. The van der Waals surface area contributed by atoms with Crippen molar-refractivity contribution in [1.29, 1.82) is 0 Å². The SMILES string of the molecule is CCOc1ccc2nc(CN(C)C(C)Cc3cnccn3)ccc2c1. The first kappa shape index (κ1) is 17.3. The van der Waals surface area contributed by atoms with Crippen molar-refractivity contribution in [2.75, 3.05) is 13.7 Å². The maximum atomic E-state index is 5.55. The van der Waals surface area contributed by atoms with Crippen LogP contribution in [0.3, 0.4) is 0 Å². The molecule has 3 rings (SSSR count). The van der Waals surface area contributed by atoms with Crippen LogP contribution < -0.4 is 4.74 Å². The lowest BCUT2D eigenvalue weighted by molar-refractivity contribution is 0.244. The molecule has 3 aromatic rings. The number of rotatable bonds is 7. The smallest absolute Gasteiger partial charge is 0.120 e. The average Bonchev–Trinajstić information content (AvgIpc) is 2.63. The Morgan fingerprint density at radius 3 is 2.76 bits per heavy atom. The quantitative estimate of drug-likeness (QED) is 0.661. The van der Waals surface area contributed by atoms with E-state index in [9.17, 15) is 0 Å². The van der Waals surface area contributed by atoms with Gasteiger partial charge >= 0.3 is 0 Å². The van der Waals surface area contributed by atoms with Crippen molar-refractivity contribution in [2.45, 2.75) is 32.9 Å². The molecule has 2 heterocycles. The Bertz CT molecular complexity index is 822. The van der Waals surface area contributed by atoms with Crippen molar-refractivity contribution in [3.8, 4) is 5.75 Å². The highest BCUT2D eigenvalue weighted by molar-refractivity contribution is 5.80. The van der Waals surface area contributed by atoms with E-state index in [-0.39, 0.29) is 0 Å². The van der Waals surface area contributed by atoms with Crippen LogP contribution in [-0.4, -0.2) is 39.5 Å². The standard InChI is InChI=1S/C20H24N4O/c1-4-25-19-7-8-20-16(12-19)5-6-17(23-20)14-24(3)15(2)11-18-13-21-9-10-22-18/h5-10,12-13,15H,4,11,14H2,1-3H3. The molecule has 0 aliphatic heterocycles. The molecule has 0 amide bonds. The average molecular weight is 336 g/mol. The van der Waals surface area contributed by atoms with Gasteiger partial charge in [-0.3, -0.25) is 19.9 Å². The van der Waals surface area contributed by atoms with Gasteiger partial charge in [0.25, 0.3) is 0 Å². The third-order valence-electron chi connectivity index (χ3n) is 4.31. The predicted octanol–water partition coefficient (Wildman–Crippen LogP) is 3.49. The van der Waals surface area contributed by atoms with Gasteiger partial charge in [-0.15, -0.1) is 0 Å². The summed E-state index contributed by atoms with van der Waals surface area (Å²) in [5, 5.41) is 1.10. The van der Waals surface area contributed by atoms with Crippen LogP contribution in [0.2, 0.25) is 0 Å². The highest BCUT2D eigenvalue weighted by atomic mass is 16.5. The van der Waals surface area contributed by atoms with E-state index >= 15 is 0 Å². The second-order valence-corrected chi connectivity index (χ2v) is 6.26. The van der Waals surface area contributed by atoms with Crippen LogP contribution in [-0.2, 0) is 13.0 Å². The molecule has 0 bridgehead atoms. The highest BCUT2D eigenvalue weighted by Crippen LogP contribution is 2.20. The fourth-order valence-corrected chi connectivity index (χ4v) is 2.80. The van der Waals surface area contributed by atoms with Gasteiger partial charge in [-0.2, -0.15) is 0 Å². The predicted molar refractivity (Wildman–Crippen MR) is 99.6 cm³/mol. The molecule has 0 aliphatic carbocycles. The Morgan fingerprint density at radius 2 is 2.00 bits per heavy atom. The summed E-state index contributed by atoms with van der Waals surface area (Å²) in [5.41, 5.74) is 3.07. The molecule has 2 aromatic heterocycles. The first-order valence-corrected chi connectivity index (χ1v) is 8.63. The first-order valence-electron chi connectivity index (χ1n) is 8.63. The van der Waals surface area contributed by atoms with Crippen molar-refractivity contribution < 1.29 is 4.74 Å². The van der Waals surface area contributed by atoms with Crippen LogP contribution in [0.5, 0.6) is 5.75 Å². The van der Waals surface area contributed by atoms with E-state index in [4.69, 9.17) is 9.72 Å². The minimum atomic E-state index is 0.356. The largest absolute Gasteiger partial charge is 0.494 e. The molecule has 0 saturated heterocycles. The van der Waals surface area contributed by atoms with E-state index < -0.39 is 0 Å². The molecular weight excluding hydrogens is 312 g/mol. The maximum absolute atomic E-state index is 5.55. The summed E-state index contributed by atoms with van der Waals surface area (Å²) in [6.07, 6.45) is 6.14. The van der Waals surface area contributed by atoms with Crippen molar-refractivity contribution in [3.05, 3.63) is 60.3 Å². The number of benzene rings is 1. The van der Waals surface area contributed by atoms with E-state index in [2.05, 4.69) is 41.0 Å². The van der Waals surface area contributed by atoms with Crippen molar-refractivity contribution >= 4 is 10.9 Å². The van der Waals surface area contributed by atoms with Crippen LogP contribution in [0, 0.1) is 0 Å². The molecule has 0 saturated carbocycles. The number of hydrogen-bond acceptors (Lipinski definition) is 5. The summed E-state index contributed by atoms with van der Waals surface area (Å²) >= 11 is 0. The molecule has 1 aromatic carbocycles. The lowest BCUT2D eigenvalue weighted by Gasteiger charge is -2.24. The van der Waals surface area contributed by atoms with Crippen LogP contribution >= 0.6 is 0 Å². The molecule has 1 unspecified atom stereocenters. The van der Waals surface area contributed by atoms with Crippen molar-refractivity contribution in [1.82, 2.24) is 19.9 Å². The van der Waals surface area contributed by atoms with Gasteiger partial charge in [-0.25, -0.2) is 0 Å². The Morgan fingerprint density at radius 1 is 1.12 bits per heavy atom. The number of nitrogens with zero attached hydrogens (tertiary/aromatic N) is 4. The monoisotopic (exact) mass is 336 g/mol. The van der Waals surface area contributed by atoms with E-state index in [1.165, 1.54) is 0 Å². The molecular formula is C20H24N4O. The van der Waals surface area contributed by atoms with E-state index in [1.54, 1.807) is 12.4 Å². The molecule has 5 nitrogen and oxygen atoms in total. The lowest BCUT2D eigenvalue weighted by Crippen LogP contribution is -2.31.